The maximum absolute atomic E-state index is 11.4. The average molecular weight is 245 g/mol. The van der Waals surface area contributed by atoms with Gasteiger partial charge in [-0.25, -0.2) is 0 Å². The predicted octanol–water partition coefficient (Wildman–Crippen LogP) is -1.18. The van der Waals surface area contributed by atoms with Crippen LogP contribution in [0.3, 0.4) is 0 Å². The normalized spacial score (nSPS) is 9.76. The third kappa shape index (κ3) is 8.21. The number of primary amides is 1. The molecule has 0 spiro atoms. The summed E-state index contributed by atoms with van der Waals surface area (Å²) in [6, 6.07) is 0. The molecule has 3 N–H and O–H groups in total. The number of carbonyl (C=O) groups is 3. The lowest BCUT2D eigenvalue weighted by Crippen LogP contribution is -2.40. The topological polar surface area (TPSA) is 102 Å². The van der Waals surface area contributed by atoms with Gasteiger partial charge in [0.2, 0.25) is 17.7 Å². The van der Waals surface area contributed by atoms with Crippen LogP contribution in [0.2, 0.25) is 0 Å². The van der Waals surface area contributed by atoms with Crippen LogP contribution in [-0.2, 0) is 19.1 Å². The SMILES string of the molecule is CCC(=O)N(CCOCNC(C)=O)CC(N)=O. The first-order chi connectivity index (χ1) is 7.97. The molecular weight excluding hydrogens is 226 g/mol. The molecule has 0 saturated heterocycles. The molecule has 0 aromatic carbocycles. The summed E-state index contributed by atoms with van der Waals surface area (Å²) in [7, 11) is 0. The monoisotopic (exact) mass is 245 g/mol. The van der Waals surface area contributed by atoms with E-state index >= 15 is 0 Å². The molecule has 0 aliphatic carbocycles. The molecular formula is C10H19N3O4. The van der Waals surface area contributed by atoms with Crippen molar-refractivity contribution in [2.45, 2.75) is 20.3 Å². The van der Waals surface area contributed by atoms with Crippen molar-refractivity contribution in [1.82, 2.24) is 10.2 Å². The number of hydrogen-bond donors (Lipinski definition) is 2. The van der Waals surface area contributed by atoms with Crippen molar-refractivity contribution in [1.29, 1.82) is 0 Å². The molecule has 0 heterocycles. The van der Waals surface area contributed by atoms with Gasteiger partial charge < -0.3 is 20.7 Å². The summed E-state index contributed by atoms with van der Waals surface area (Å²) in [6.45, 7) is 3.56. The second kappa shape index (κ2) is 8.51. The Morgan fingerprint density at radius 3 is 2.47 bits per heavy atom. The van der Waals surface area contributed by atoms with E-state index in [4.69, 9.17) is 10.5 Å². The third-order valence-corrected chi connectivity index (χ3v) is 1.93. The fraction of sp³-hybridized carbons (Fsp3) is 0.700. The number of amides is 3. The molecule has 0 fully saturated rings. The Hall–Kier alpha value is -1.63. The third-order valence-electron chi connectivity index (χ3n) is 1.93. The summed E-state index contributed by atoms with van der Waals surface area (Å²) in [5.41, 5.74) is 5.03. The minimum Gasteiger partial charge on any atom is -0.368 e. The molecule has 0 atom stereocenters. The summed E-state index contributed by atoms with van der Waals surface area (Å²) < 4.78 is 5.07. The number of hydrogen-bond acceptors (Lipinski definition) is 4. The summed E-state index contributed by atoms with van der Waals surface area (Å²) in [5.74, 6) is -0.913. The number of nitrogens with zero attached hydrogens (tertiary/aromatic N) is 1. The highest BCUT2D eigenvalue weighted by atomic mass is 16.5. The number of ether oxygens (including phenoxy) is 1. The van der Waals surface area contributed by atoms with Crippen molar-refractivity contribution in [2.75, 3.05) is 26.4 Å². The van der Waals surface area contributed by atoms with Crippen LogP contribution in [-0.4, -0.2) is 49.0 Å². The van der Waals surface area contributed by atoms with Crippen LogP contribution in [0, 0.1) is 0 Å². The molecule has 98 valence electrons. The lowest BCUT2D eigenvalue weighted by Gasteiger charge is -2.20. The van der Waals surface area contributed by atoms with Gasteiger partial charge in [0.1, 0.15) is 6.73 Å². The quantitative estimate of drug-likeness (QED) is 0.415. The van der Waals surface area contributed by atoms with E-state index in [0.29, 0.717) is 6.42 Å². The van der Waals surface area contributed by atoms with Crippen molar-refractivity contribution >= 4 is 17.7 Å². The average Bonchev–Trinajstić information content (AvgIpc) is 2.25. The highest BCUT2D eigenvalue weighted by Crippen LogP contribution is 1.93. The smallest absolute Gasteiger partial charge is 0.237 e. The summed E-state index contributed by atoms with van der Waals surface area (Å²) in [4.78, 5) is 34.0. The number of nitrogens with one attached hydrogen (secondary N) is 1. The first-order valence-corrected chi connectivity index (χ1v) is 5.35. The van der Waals surface area contributed by atoms with E-state index in [9.17, 15) is 14.4 Å². The van der Waals surface area contributed by atoms with Gasteiger partial charge >= 0.3 is 0 Å². The molecule has 0 unspecified atom stereocenters. The highest BCUT2D eigenvalue weighted by Gasteiger charge is 2.13. The first kappa shape index (κ1) is 15.4. The molecule has 7 heteroatoms. The van der Waals surface area contributed by atoms with Crippen molar-refractivity contribution in [3.8, 4) is 0 Å². The van der Waals surface area contributed by atoms with Crippen molar-refractivity contribution in [2.24, 2.45) is 5.73 Å². The standard InChI is InChI=1S/C10H19N3O4/c1-3-10(16)13(6-9(11)15)4-5-17-7-12-8(2)14/h3-7H2,1-2H3,(H2,11,15)(H,12,14). The van der Waals surface area contributed by atoms with Crippen molar-refractivity contribution in [3.05, 3.63) is 0 Å². The lowest BCUT2D eigenvalue weighted by molar-refractivity contribution is -0.135. The largest absolute Gasteiger partial charge is 0.368 e. The molecule has 3 amide bonds. The van der Waals surface area contributed by atoms with Crippen LogP contribution in [0.15, 0.2) is 0 Å². The van der Waals surface area contributed by atoms with E-state index in [-0.39, 0.29) is 38.2 Å². The van der Waals surface area contributed by atoms with Crippen LogP contribution >= 0.6 is 0 Å². The Bertz CT molecular complexity index is 281. The van der Waals surface area contributed by atoms with E-state index in [1.807, 2.05) is 0 Å². The fourth-order valence-corrected chi connectivity index (χ4v) is 1.10. The van der Waals surface area contributed by atoms with Crippen LogP contribution in [0.5, 0.6) is 0 Å². The van der Waals surface area contributed by atoms with Crippen LogP contribution < -0.4 is 11.1 Å². The highest BCUT2D eigenvalue weighted by molar-refractivity contribution is 5.83. The van der Waals surface area contributed by atoms with E-state index in [0.717, 1.165) is 0 Å². The van der Waals surface area contributed by atoms with Crippen molar-refractivity contribution in [3.63, 3.8) is 0 Å². The molecule has 0 saturated carbocycles. The molecule has 0 aromatic heterocycles. The van der Waals surface area contributed by atoms with Gasteiger partial charge in [-0.1, -0.05) is 6.92 Å². The zero-order valence-corrected chi connectivity index (χ0v) is 10.2. The van der Waals surface area contributed by atoms with Gasteiger partial charge in [-0.15, -0.1) is 0 Å². The number of nitrogens with two attached hydrogens (primary N) is 1. The van der Waals surface area contributed by atoms with Crippen molar-refractivity contribution < 1.29 is 19.1 Å². The molecule has 0 aliphatic heterocycles. The maximum Gasteiger partial charge on any atom is 0.237 e. The maximum atomic E-state index is 11.4. The second-order valence-electron chi connectivity index (χ2n) is 3.42. The van der Waals surface area contributed by atoms with Gasteiger partial charge in [0, 0.05) is 19.9 Å². The van der Waals surface area contributed by atoms with E-state index < -0.39 is 5.91 Å². The zero-order chi connectivity index (χ0) is 13.3. The van der Waals surface area contributed by atoms with Crippen LogP contribution in [0.25, 0.3) is 0 Å². The molecule has 0 radical (unpaired) electrons. The lowest BCUT2D eigenvalue weighted by atomic mass is 10.3. The summed E-state index contributed by atoms with van der Waals surface area (Å²) >= 11 is 0. The van der Waals surface area contributed by atoms with E-state index in [1.54, 1.807) is 6.92 Å². The Balaban J connectivity index is 3.87. The van der Waals surface area contributed by atoms with E-state index in [2.05, 4.69) is 5.32 Å². The Labute approximate surface area is 100 Å². The zero-order valence-electron chi connectivity index (χ0n) is 10.2. The van der Waals surface area contributed by atoms with E-state index in [1.165, 1.54) is 11.8 Å². The second-order valence-corrected chi connectivity index (χ2v) is 3.42. The van der Waals surface area contributed by atoms with Gasteiger partial charge in [-0.05, 0) is 0 Å². The molecule has 0 aromatic rings. The van der Waals surface area contributed by atoms with Gasteiger partial charge in [0.25, 0.3) is 0 Å². The first-order valence-electron chi connectivity index (χ1n) is 5.35. The van der Waals surface area contributed by atoms with Crippen LogP contribution in [0.4, 0.5) is 0 Å². The fourth-order valence-electron chi connectivity index (χ4n) is 1.10. The molecule has 0 bridgehead atoms. The predicted molar refractivity (Wildman–Crippen MR) is 60.7 cm³/mol. The van der Waals surface area contributed by atoms with Gasteiger partial charge in [-0.3, -0.25) is 14.4 Å². The Morgan fingerprint density at radius 1 is 1.35 bits per heavy atom. The minimum atomic E-state index is -0.561. The molecule has 0 rings (SSSR count). The van der Waals surface area contributed by atoms with Gasteiger partial charge in [0.05, 0.1) is 13.2 Å². The molecule has 17 heavy (non-hydrogen) atoms. The van der Waals surface area contributed by atoms with Crippen LogP contribution in [0.1, 0.15) is 20.3 Å². The number of rotatable bonds is 8. The van der Waals surface area contributed by atoms with Gasteiger partial charge in [-0.2, -0.15) is 0 Å². The summed E-state index contributed by atoms with van der Waals surface area (Å²) in [5, 5.41) is 2.45. The number of carbonyl (C=O) groups excluding carboxylic acids is 3. The summed E-state index contributed by atoms with van der Waals surface area (Å²) in [6.07, 6.45) is 0.305. The Morgan fingerprint density at radius 2 is 2.00 bits per heavy atom. The minimum absolute atomic E-state index is 0.0834. The molecule has 7 nitrogen and oxygen atoms in total. The molecule has 0 aliphatic rings. The van der Waals surface area contributed by atoms with Gasteiger partial charge in [0.15, 0.2) is 0 Å². The Kier molecular flexibility index (Phi) is 7.70.